The van der Waals surface area contributed by atoms with Crippen LogP contribution >= 0.6 is 0 Å². The normalized spacial score (nSPS) is 13.0. The highest BCUT2D eigenvalue weighted by Crippen LogP contribution is 2.19. The zero-order valence-corrected chi connectivity index (χ0v) is 17.5. The molecule has 0 saturated carbocycles. The molecule has 0 radical (unpaired) electrons. The number of benzene rings is 2. The fraction of sp³-hybridized carbons (Fsp3) is 0.333. The third-order valence-corrected chi connectivity index (χ3v) is 5.27. The summed E-state index contributed by atoms with van der Waals surface area (Å²) in [5.41, 5.74) is 2.76. The van der Waals surface area contributed by atoms with Crippen LogP contribution in [0.2, 0.25) is 0 Å². The Labute approximate surface area is 182 Å². The maximum absolute atomic E-state index is 11.9. The molecule has 0 spiro atoms. The molecule has 3 aromatic rings. The van der Waals surface area contributed by atoms with E-state index in [1.54, 1.807) is 6.33 Å². The van der Waals surface area contributed by atoms with E-state index in [2.05, 4.69) is 39.9 Å². The van der Waals surface area contributed by atoms with E-state index in [1.807, 2.05) is 41.0 Å². The van der Waals surface area contributed by atoms with Crippen LogP contribution in [0.3, 0.4) is 0 Å². The summed E-state index contributed by atoms with van der Waals surface area (Å²) in [5, 5.41) is 5.94. The first-order chi connectivity index (χ1) is 15.3. The number of fused-ring (bicyclic) bond motifs is 1. The molecular weight excluding hydrogens is 392 g/mol. The van der Waals surface area contributed by atoms with Crippen molar-refractivity contribution in [2.24, 2.45) is 5.92 Å². The molecule has 2 N–H and O–H groups in total. The van der Waals surface area contributed by atoms with Gasteiger partial charge in [-0.25, -0.2) is 4.98 Å². The van der Waals surface area contributed by atoms with Crippen LogP contribution in [0.4, 0.5) is 5.82 Å². The van der Waals surface area contributed by atoms with Crippen LogP contribution in [-0.2, 0) is 29.2 Å². The van der Waals surface area contributed by atoms with Crippen LogP contribution in [0.25, 0.3) is 0 Å². The van der Waals surface area contributed by atoms with Gasteiger partial charge in [-0.2, -0.15) is 0 Å². The lowest BCUT2D eigenvalue weighted by Crippen LogP contribution is -2.35. The van der Waals surface area contributed by atoms with Crippen LogP contribution in [-0.4, -0.2) is 35.3 Å². The fourth-order valence-corrected chi connectivity index (χ4v) is 3.57. The van der Waals surface area contributed by atoms with Gasteiger partial charge in [-0.05, 0) is 17.5 Å². The fourth-order valence-electron chi connectivity index (χ4n) is 3.57. The maximum atomic E-state index is 11.9. The standard InChI is InChI=1S/C24H28N4O3/c29-24-22-23(25-17-26-24)28(18-27-22)12-11-21(15-30-13-19-7-3-1-4-8-19)16-31-14-20-9-5-2-6-10-20/h1-10,18,21,25H,11-17H2,(H,26,29). The van der Waals surface area contributed by atoms with Crippen molar-refractivity contribution in [1.29, 1.82) is 0 Å². The summed E-state index contributed by atoms with van der Waals surface area (Å²) in [6, 6.07) is 20.3. The molecule has 0 saturated heterocycles. The molecule has 0 fully saturated rings. The summed E-state index contributed by atoms with van der Waals surface area (Å²) in [4.78, 5) is 16.2. The van der Waals surface area contributed by atoms with E-state index in [9.17, 15) is 4.79 Å². The third kappa shape index (κ3) is 5.93. The van der Waals surface area contributed by atoms with E-state index in [4.69, 9.17) is 9.47 Å². The summed E-state index contributed by atoms with van der Waals surface area (Å²) in [7, 11) is 0. The number of hydrogen-bond acceptors (Lipinski definition) is 5. The van der Waals surface area contributed by atoms with Gasteiger partial charge < -0.3 is 24.7 Å². The number of anilines is 1. The van der Waals surface area contributed by atoms with Gasteiger partial charge >= 0.3 is 0 Å². The molecule has 4 rings (SSSR count). The molecule has 2 aromatic carbocycles. The average Bonchev–Trinajstić information content (AvgIpc) is 3.23. The van der Waals surface area contributed by atoms with Crippen LogP contribution in [0.1, 0.15) is 28.0 Å². The van der Waals surface area contributed by atoms with Gasteiger partial charge in [0.25, 0.3) is 5.91 Å². The number of aryl methyl sites for hydroxylation is 1. The smallest absolute Gasteiger partial charge is 0.275 e. The number of ether oxygens (including phenoxy) is 2. The Kier molecular flexibility index (Phi) is 7.31. The van der Waals surface area contributed by atoms with Gasteiger partial charge in [-0.3, -0.25) is 4.79 Å². The van der Waals surface area contributed by atoms with Gasteiger partial charge in [0.2, 0.25) is 0 Å². The molecule has 7 nitrogen and oxygen atoms in total. The van der Waals surface area contributed by atoms with Gasteiger partial charge in [0.1, 0.15) is 5.82 Å². The Hall–Kier alpha value is -3.16. The molecule has 1 aromatic heterocycles. The first-order valence-electron chi connectivity index (χ1n) is 10.6. The predicted octanol–water partition coefficient (Wildman–Crippen LogP) is 3.44. The molecule has 1 aliphatic rings. The molecule has 0 bridgehead atoms. The number of hydrogen-bond donors (Lipinski definition) is 2. The zero-order valence-electron chi connectivity index (χ0n) is 17.5. The molecule has 162 valence electrons. The number of aromatic nitrogens is 2. The molecular formula is C24H28N4O3. The SMILES string of the molecule is O=C1NCNc2c1ncn2CCC(COCc1ccccc1)COCc1ccccc1. The number of nitrogens with one attached hydrogen (secondary N) is 2. The number of amides is 1. The Bertz CT molecular complexity index is 914. The van der Waals surface area contributed by atoms with Gasteiger partial charge in [0.15, 0.2) is 5.69 Å². The van der Waals surface area contributed by atoms with Crippen molar-refractivity contribution in [1.82, 2.24) is 14.9 Å². The second-order valence-electron chi connectivity index (χ2n) is 7.65. The first-order valence-corrected chi connectivity index (χ1v) is 10.6. The van der Waals surface area contributed by atoms with Gasteiger partial charge in [0.05, 0.1) is 39.4 Å². The lowest BCUT2D eigenvalue weighted by atomic mass is 10.1. The van der Waals surface area contributed by atoms with E-state index < -0.39 is 0 Å². The van der Waals surface area contributed by atoms with Gasteiger partial charge in [-0.1, -0.05) is 60.7 Å². The first kappa shape index (κ1) is 21.1. The second kappa shape index (κ2) is 10.7. The lowest BCUT2D eigenvalue weighted by Gasteiger charge is -2.20. The largest absolute Gasteiger partial charge is 0.376 e. The Morgan fingerprint density at radius 3 is 2.13 bits per heavy atom. The minimum atomic E-state index is -0.138. The summed E-state index contributed by atoms with van der Waals surface area (Å²) in [6.07, 6.45) is 2.57. The maximum Gasteiger partial charge on any atom is 0.275 e. The molecule has 7 heteroatoms. The molecule has 2 heterocycles. The summed E-state index contributed by atoms with van der Waals surface area (Å²) >= 11 is 0. The number of carbonyl (C=O) groups is 1. The molecule has 1 aliphatic heterocycles. The van der Waals surface area contributed by atoms with Crippen molar-refractivity contribution in [3.63, 3.8) is 0 Å². The zero-order chi connectivity index (χ0) is 21.3. The average molecular weight is 421 g/mol. The van der Waals surface area contributed by atoms with Crippen molar-refractivity contribution < 1.29 is 14.3 Å². The second-order valence-corrected chi connectivity index (χ2v) is 7.65. The van der Waals surface area contributed by atoms with Crippen LogP contribution < -0.4 is 10.6 Å². The van der Waals surface area contributed by atoms with Crippen molar-refractivity contribution in [2.75, 3.05) is 25.2 Å². The lowest BCUT2D eigenvalue weighted by molar-refractivity contribution is 0.0226. The number of imidazole rings is 1. The van der Waals surface area contributed by atoms with Crippen LogP contribution in [0, 0.1) is 5.92 Å². The highest BCUT2D eigenvalue weighted by atomic mass is 16.5. The van der Waals surface area contributed by atoms with E-state index in [0.29, 0.717) is 38.8 Å². The number of rotatable bonds is 11. The van der Waals surface area contributed by atoms with Crippen LogP contribution in [0.5, 0.6) is 0 Å². The third-order valence-electron chi connectivity index (χ3n) is 5.27. The predicted molar refractivity (Wildman–Crippen MR) is 118 cm³/mol. The molecule has 0 aliphatic carbocycles. The number of carbonyl (C=O) groups excluding carboxylic acids is 1. The monoisotopic (exact) mass is 420 g/mol. The number of nitrogens with zero attached hydrogens (tertiary/aromatic N) is 2. The summed E-state index contributed by atoms with van der Waals surface area (Å²) in [6.45, 7) is 3.53. The molecule has 0 atom stereocenters. The Balaban J connectivity index is 1.32. The van der Waals surface area contributed by atoms with Gasteiger partial charge in [0, 0.05) is 12.5 Å². The van der Waals surface area contributed by atoms with Crippen molar-refractivity contribution in [3.05, 3.63) is 83.8 Å². The summed E-state index contributed by atoms with van der Waals surface area (Å²) in [5.74, 6) is 0.863. The molecule has 0 unspecified atom stereocenters. The van der Waals surface area contributed by atoms with E-state index in [0.717, 1.165) is 29.9 Å². The highest BCUT2D eigenvalue weighted by molar-refractivity contribution is 5.98. The van der Waals surface area contributed by atoms with E-state index in [1.165, 1.54) is 0 Å². The van der Waals surface area contributed by atoms with Crippen molar-refractivity contribution in [2.45, 2.75) is 26.2 Å². The van der Waals surface area contributed by atoms with E-state index in [-0.39, 0.29) is 11.8 Å². The van der Waals surface area contributed by atoms with Gasteiger partial charge in [-0.15, -0.1) is 0 Å². The topological polar surface area (TPSA) is 77.4 Å². The Morgan fingerprint density at radius 2 is 1.52 bits per heavy atom. The Morgan fingerprint density at radius 1 is 0.903 bits per heavy atom. The quantitative estimate of drug-likeness (QED) is 0.497. The minimum absolute atomic E-state index is 0.138. The molecule has 31 heavy (non-hydrogen) atoms. The molecule has 1 amide bonds. The van der Waals surface area contributed by atoms with E-state index >= 15 is 0 Å². The van der Waals surface area contributed by atoms with Crippen LogP contribution in [0.15, 0.2) is 67.0 Å². The van der Waals surface area contributed by atoms with Crippen molar-refractivity contribution in [3.8, 4) is 0 Å². The summed E-state index contributed by atoms with van der Waals surface area (Å²) < 4.78 is 14.0. The highest BCUT2D eigenvalue weighted by Gasteiger charge is 2.22. The van der Waals surface area contributed by atoms with Crippen molar-refractivity contribution >= 4 is 11.7 Å². The minimum Gasteiger partial charge on any atom is -0.376 e.